The molecule has 2 N–H and O–H groups in total. The van der Waals surface area contributed by atoms with Crippen molar-refractivity contribution in [2.24, 2.45) is 5.73 Å². The van der Waals surface area contributed by atoms with Crippen molar-refractivity contribution in [2.75, 3.05) is 18.0 Å². The van der Waals surface area contributed by atoms with E-state index in [1.54, 1.807) is 0 Å². The lowest BCUT2D eigenvalue weighted by Gasteiger charge is -2.23. The van der Waals surface area contributed by atoms with Crippen molar-refractivity contribution in [3.05, 3.63) is 48.7 Å². The maximum absolute atomic E-state index is 5.72. The molecule has 2 rings (SSSR count). The van der Waals surface area contributed by atoms with E-state index in [0.717, 1.165) is 24.3 Å². The van der Waals surface area contributed by atoms with Crippen molar-refractivity contribution in [3.63, 3.8) is 0 Å². The van der Waals surface area contributed by atoms with Gasteiger partial charge in [-0.25, -0.2) is 0 Å². The molecule has 0 aliphatic carbocycles. The first kappa shape index (κ1) is 12.6. The largest absolute Gasteiger partial charge is 0.367 e. The third-order valence-corrected chi connectivity index (χ3v) is 3.03. The van der Waals surface area contributed by atoms with Crippen molar-refractivity contribution in [1.29, 1.82) is 0 Å². The first-order chi connectivity index (χ1) is 8.80. The highest BCUT2D eigenvalue weighted by Crippen LogP contribution is 2.26. The molecule has 3 heteroatoms. The zero-order valence-corrected chi connectivity index (χ0v) is 10.8. The average molecular weight is 241 g/mol. The van der Waals surface area contributed by atoms with Gasteiger partial charge in [0.05, 0.1) is 11.2 Å². The SMILES string of the molecule is C=CCN(CC)c1cc(CN)nc2ccccc12. The minimum atomic E-state index is 0.462. The highest BCUT2D eigenvalue weighted by atomic mass is 15.1. The molecule has 0 unspecified atom stereocenters. The zero-order chi connectivity index (χ0) is 13.0. The molecule has 0 spiro atoms. The van der Waals surface area contributed by atoms with Crippen molar-refractivity contribution in [1.82, 2.24) is 4.98 Å². The molecule has 94 valence electrons. The Balaban J connectivity index is 2.62. The summed E-state index contributed by atoms with van der Waals surface area (Å²) in [4.78, 5) is 6.83. The van der Waals surface area contributed by atoms with E-state index in [4.69, 9.17) is 5.73 Å². The standard InChI is InChI=1S/C15H19N3/c1-3-9-18(4-2)15-10-12(11-16)17-14-8-6-5-7-13(14)15/h3,5-8,10H,1,4,9,11,16H2,2H3. The lowest BCUT2D eigenvalue weighted by molar-refractivity contribution is 0.903. The summed E-state index contributed by atoms with van der Waals surface area (Å²) in [5, 5.41) is 1.17. The zero-order valence-electron chi connectivity index (χ0n) is 10.8. The highest BCUT2D eigenvalue weighted by Gasteiger charge is 2.09. The number of pyridine rings is 1. The highest BCUT2D eigenvalue weighted by molar-refractivity contribution is 5.92. The van der Waals surface area contributed by atoms with Crippen LogP contribution in [0.2, 0.25) is 0 Å². The summed E-state index contributed by atoms with van der Waals surface area (Å²) in [5.74, 6) is 0. The summed E-state index contributed by atoms with van der Waals surface area (Å²) in [6.07, 6.45) is 1.92. The predicted octanol–water partition coefficient (Wildman–Crippen LogP) is 2.71. The Morgan fingerprint density at radius 2 is 2.17 bits per heavy atom. The van der Waals surface area contributed by atoms with Gasteiger partial charge in [-0.3, -0.25) is 4.98 Å². The van der Waals surface area contributed by atoms with Crippen LogP contribution in [0.5, 0.6) is 0 Å². The number of para-hydroxylation sites is 1. The molecule has 0 amide bonds. The second-order valence-electron chi connectivity index (χ2n) is 4.18. The number of hydrogen-bond acceptors (Lipinski definition) is 3. The van der Waals surface area contributed by atoms with Crippen LogP contribution in [0.4, 0.5) is 5.69 Å². The van der Waals surface area contributed by atoms with Gasteiger partial charge in [-0.1, -0.05) is 24.3 Å². The maximum Gasteiger partial charge on any atom is 0.0726 e. The van der Waals surface area contributed by atoms with Gasteiger partial charge in [0.2, 0.25) is 0 Å². The lowest BCUT2D eigenvalue weighted by Crippen LogP contribution is -2.23. The molecular formula is C15H19N3. The molecule has 0 radical (unpaired) electrons. The Kier molecular flexibility index (Phi) is 3.95. The normalized spacial score (nSPS) is 10.6. The van der Waals surface area contributed by atoms with Gasteiger partial charge in [0.1, 0.15) is 0 Å². The van der Waals surface area contributed by atoms with Crippen molar-refractivity contribution >= 4 is 16.6 Å². The Morgan fingerprint density at radius 1 is 1.39 bits per heavy atom. The molecule has 1 aromatic heterocycles. The quantitative estimate of drug-likeness (QED) is 0.818. The topological polar surface area (TPSA) is 42.1 Å². The van der Waals surface area contributed by atoms with Crippen molar-refractivity contribution < 1.29 is 0 Å². The fourth-order valence-corrected chi connectivity index (χ4v) is 2.13. The smallest absolute Gasteiger partial charge is 0.0726 e. The van der Waals surface area contributed by atoms with Crippen LogP contribution in [0, 0.1) is 0 Å². The van der Waals surface area contributed by atoms with Gasteiger partial charge in [0, 0.05) is 30.7 Å². The molecule has 0 fully saturated rings. The van der Waals surface area contributed by atoms with E-state index in [9.17, 15) is 0 Å². The molecule has 0 saturated heterocycles. The Bertz CT molecular complexity index is 548. The summed E-state index contributed by atoms with van der Waals surface area (Å²) in [6, 6.07) is 10.2. The Labute approximate surface area is 108 Å². The monoisotopic (exact) mass is 241 g/mol. The Hall–Kier alpha value is -1.87. The van der Waals surface area contributed by atoms with E-state index in [1.165, 1.54) is 11.1 Å². The molecule has 0 aliphatic rings. The third-order valence-electron chi connectivity index (χ3n) is 3.03. The lowest BCUT2D eigenvalue weighted by atomic mass is 10.1. The van der Waals surface area contributed by atoms with Gasteiger partial charge in [-0.05, 0) is 19.1 Å². The molecule has 18 heavy (non-hydrogen) atoms. The number of hydrogen-bond donors (Lipinski definition) is 1. The van der Waals surface area contributed by atoms with Gasteiger partial charge in [0.15, 0.2) is 0 Å². The minimum Gasteiger partial charge on any atom is -0.367 e. The summed E-state index contributed by atoms with van der Waals surface area (Å²) < 4.78 is 0. The van der Waals surface area contributed by atoms with Crippen LogP contribution in [0.15, 0.2) is 43.0 Å². The number of likely N-dealkylation sites (N-methyl/N-ethyl adjacent to an activating group) is 1. The number of aromatic nitrogens is 1. The predicted molar refractivity (Wildman–Crippen MR) is 77.7 cm³/mol. The van der Waals surface area contributed by atoms with Gasteiger partial charge >= 0.3 is 0 Å². The maximum atomic E-state index is 5.72. The minimum absolute atomic E-state index is 0.462. The van der Waals surface area contributed by atoms with Crippen LogP contribution in [-0.2, 0) is 6.54 Å². The number of fused-ring (bicyclic) bond motifs is 1. The van der Waals surface area contributed by atoms with Crippen LogP contribution in [0.25, 0.3) is 10.9 Å². The van der Waals surface area contributed by atoms with Gasteiger partial charge in [-0.2, -0.15) is 0 Å². The summed E-state index contributed by atoms with van der Waals surface area (Å²) >= 11 is 0. The van der Waals surface area contributed by atoms with E-state index in [-0.39, 0.29) is 0 Å². The van der Waals surface area contributed by atoms with E-state index in [2.05, 4.69) is 35.5 Å². The summed E-state index contributed by atoms with van der Waals surface area (Å²) in [6.45, 7) is 8.18. The second-order valence-corrected chi connectivity index (χ2v) is 4.18. The van der Waals surface area contributed by atoms with E-state index in [1.807, 2.05) is 24.3 Å². The summed E-state index contributed by atoms with van der Waals surface area (Å²) in [5.41, 5.74) is 8.83. The van der Waals surface area contributed by atoms with E-state index >= 15 is 0 Å². The Morgan fingerprint density at radius 3 is 2.83 bits per heavy atom. The molecule has 0 atom stereocenters. The van der Waals surface area contributed by atoms with Gasteiger partial charge in [0.25, 0.3) is 0 Å². The van der Waals surface area contributed by atoms with E-state index < -0.39 is 0 Å². The van der Waals surface area contributed by atoms with Gasteiger partial charge < -0.3 is 10.6 Å². The number of anilines is 1. The van der Waals surface area contributed by atoms with Crippen LogP contribution in [-0.4, -0.2) is 18.1 Å². The fourth-order valence-electron chi connectivity index (χ4n) is 2.13. The number of nitrogens with zero attached hydrogens (tertiary/aromatic N) is 2. The molecule has 1 aromatic carbocycles. The molecule has 2 aromatic rings. The molecule has 0 bridgehead atoms. The molecule has 3 nitrogen and oxygen atoms in total. The average Bonchev–Trinajstić information content (AvgIpc) is 2.43. The van der Waals surface area contributed by atoms with Crippen molar-refractivity contribution in [3.8, 4) is 0 Å². The van der Waals surface area contributed by atoms with Crippen LogP contribution in [0.1, 0.15) is 12.6 Å². The first-order valence-corrected chi connectivity index (χ1v) is 6.24. The van der Waals surface area contributed by atoms with Gasteiger partial charge in [-0.15, -0.1) is 6.58 Å². The fraction of sp³-hybridized carbons (Fsp3) is 0.267. The molecule has 1 heterocycles. The van der Waals surface area contributed by atoms with Crippen LogP contribution in [0.3, 0.4) is 0 Å². The number of rotatable bonds is 5. The molecule has 0 aliphatic heterocycles. The number of nitrogens with two attached hydrogens (primary N) is 1. The molecular weight excluding hydrogens is 222 g/mol. The van der Waals surface area contributed by atoms with E-state index in [0.29, 0.717) is 6.54 Å². The van der Waals surface area contributed by atoms with Crippen molar-refractivity contribution in [2.45, 2.75) is 13.5 Å². The second kappa shape index (κ2) is 5.65. The third kappa shape index (κ3) is 2.36. The first-order valence-electron chi connectivity index (χ1n) is 6.24. The van der Waals surface area contributed by atoms with Crippen LogP contribution < -0.4 is 10.6 Å². The number of benzene rings is 1. The van der Waals surface area contributed by atoms with Crippen LogP contribution >= 0.6 is 0 Å². The molecule has 0 saturated carbocycles. The summed E-state index contributed by atoms with van der Waals surface area (Å²) in [7, 11) is 0.